The number of para-hydroxylation sites is 1. The van der Waals surface area contributed by atoms with E-state index in [0.29, 0.717) is 16.0 Å². The quantitative estimate of drug-likeness (QED) is 0.504. The van der Waals surface area contributed by atoms with Gasteiger partial charge in [-0.2, -0.15) is 0 Å². The van der Waals surface area contributed by atoms with Crippen LogP contribution < -0.4 is 5.32 Å². The van der Waals surface area contributed by atoms with E-state index in [9.17, 15) is 17.6 Å². The molecule has 0 radical (unpaired) electrons. The van der Waals surface area contributed by atoms with Crippen molar-refractivity contribution in [3.05, 3.63) is 72.1 Å². The van der Waals surface area contributed by atoms with Crippen LogP contribution in [0.4, 0.5) is 9.52 Å². The van der Waals surface area contributed by atoms with E-state index in [-0.39, 0.29) is 22.2 Å². The van der Waals surface area contributed by atoms with Crippen molar-refractivity contribution in [2.75, 3.05) is 5.32 Å². The van der Waals surface area contributed by atoms with Crippen LogP contribution in [0, 0.1) is 5.82 Å². The fourth-order valence-corrected chi connectivity index (χ4v) is 4.92. The number of hydrogen-bond acceptors (Lipinski definition) is 5. The van der Waals surface area contributed by atoms with Gasteiger partial charge in [0, 0.05) is 28.7 Å². The van der Waals surface area contributed by atoms with E-state index in [1.807, 2.05) is 0 Å². The van der Waals surface area contributed by atoms with Crippen molar-refractivity contribution >= 4 is 43.1 Å². The Balaban J connectivity index is 1.74. The van der Waals surface area contributed by atoms with Crippen LogP contribution in [0.15, 0.2) is 76.1 Å². The highest BCUT2D eigenvalue weighted by atomic mass is 32.2. The summed E-state index contributed by atoms with van der Waals surface area (Å²) in [6.07, 6.45) is 3.02. The number of anilines is 1. The minimum Gasteiger partial charge on any atom is -0.337 e. The second kappa shape index (κ2) is 7.17. The summed E-state index contributed by atoms with van der Waals surface area (Å²) < 4.78 is 40.9. The van der Waals surface area contributed by atoms with Crippen molar-refractivity contribution in [3.8, 4) is 0 Å². The van der Waals surface area contributed by atoms with Crippen LogP contribution >= 0.6 is 11.3 Å². The molecule has 0 unspecified atom stereocenters. The van der Waals surface area contributed by atoms with Crippen LogP contribution in [0.1, 0.15) is 0 Å². The molecule has 0 atom stereocenters. The molecule has 2 aromatic carbocycles. The molecule has 6 nitrogen and oxygen atoms in total. The summed E-state index contributed by atoms with van der Waals surface area (Å²) >= 11 is 1.29. The Morgan fingerprint density at radius 3 is 2.61 bits per heavy atom. The van der Waals surface area contributed by atoms with Gasteiger partial charge in [0.1, 0.15) is 12.4 Å². The van der Waals surface area contributed by atoms with Gasteiger partial charge in [-0.25, -0.2) is 17.8 Å². The van der Waals surface area contributed by atoms with Gasteiger partial charge in [0.15, 0.2) is 5.13 Å². The summed E-state index contributed by atoms with van der Waals surface area (Å²) in [6, 6.07) is 11.6. The molecule has 0 aliphatic carbocycles. The van der Waals surface area contributed by atoms with Crippen LogP contribution in [-0.2, 0) is 21.2 Å². The first-order chi connectivity index (χ1) is 13.4. The predicted octanol–water partition coefficient (Wildman–Crippen LogP) is 3.71. The Kier molecular flexibility index (Phi) is 4.70. The van der Waals surface area contributed by atoms with E-state index in [1.165, 1.54) is 29.7 Å². The van der Waals surface area contributed by atoms with Crippen LogP contribution in [0.5, 0.6) is 0 Å². The molecule has 2 heterocycles. The van der Waals surface area contributed by atoms with Gasteiger partial charge in [-0.05, 0) is 30.3 Å². The third kappa shape index (κ3) is 3.41. The first-order valence-electron chi connectivity index (χ1n) is 8.23. The molecule has 4 rings (SSSR count). The Morgan fingerprint density at radius 1 is 1.14 bits per heavy atom. The van der Waals surface area contributed by atoms with Crippen molar-refractivity contribution in [1.82, 2.24) is 9.55 Å². The molecule has 142 valence electrons. The number of amides is 1. The monoisotopic (exact) mass is 415 g/mol. The molecule has 2 aromatic heterocycles. The van der Waals surface area contributed by atoms with Crippen molar-refractivity contribution in [3.63, 3.8) is 0 Å². The molecule has 0 spiro atoms. The zero-order valence-electron chi connectivity index (χ0n) is 14.4. The number of rotatable bonds is 5. The SMILES string of the molecule is O=C(Cn1cc(S(=O)(=O)c2ccc(F)cc2)c2ccccc21)Nc1nccs1. The average Bonchev–Trinajstić information content (AvgIpc) is 3.31. The Bertz CT molecular complexity index is 1250. The number of sulfone groups is 1. The zero-order chi connectivity index (χ0) is 19.7. The fraction of sp³-hybridized carbons (Fsp3) is 0.0526. The van der Waals surface area contributed by atoms with E-state index in [1.54, 1.807) is 40.4 Å². The average molecular weight is 415 g/mol. The van der Waals surface area contributed by atoms with Gasteiger partial charge in [-0.3, -0.25) is 4.79 Å². The third-order valence-electron chi connectivity index (χ3n) is 4.16. The van der Waals surface area contributed by atoms with Crippen molar-refractivity contribution in [2.24, 2.45) is 0 Å². The molecule has 0 saturated heterocycles. The van der Waals surface area contributed by atoms with Gasteiger partial charge in [-0.1, -0.05) is 18.2 Å². The topological polar surface area (TPSA) is 81.1 Å². The van der Waals surface area contributed by atoms with E-state index in [0.717, 1.165) is 12.1 Å². The lowest BCUT2D eigenvalue weighted by atomic mass is 10.2. The third-order valence-corrected chi connectivity index (χ3v) is 6.64. The molecule has 0 bridgehead atoms. The molecule has 28 heavy (non-hydrogen) atoms. The van der Waals surface area contributed by atoms with Crippen molar-refractivity contribution < 1.29 is 17.6 Å². The first kappa shape index (κ1) is 18.3. The van der Waals surface area contributed by atoms with E-state index >= 15 is 0 Å². The number of thiazole rings is 1. The van der Waals surface area contributed by atoms with Gasteiger partial charge in [-0.15, -0.1) is 11.3 Å². The van der Waals surface area contributed by atoms with Gasteiger partial charge in [0.05, 0.1) is 9.79 Å². The normalized spacial score (nSPS) is 11.6. The largest absolute Gasteiger partial charge is 0.337 e. The minimum atomic E-state index is -3.88. The molecule has 1 amide bonds. The summed E-state index contributed by atoms with van der Waals surface area (Å²) in [5.74, 6) is -0.832. The van der Waals surface area contributed by atoms with Crippen molar-refractivity contribution in [1.29, 1.82) is 0 Å². The lowest BCUT2D eigenvalue weighted by Gasteiger charge is -2.05. The fourth-order valence-electron chi connectivity index (χ4n) is 2.90. The number of carbonyl (C=O) groups excluding carboxylic acids is 1. The van der Waals surface area contributed by atoms with Crippen LogP contribution in [0.3, 0.4) is 0 Å². The molecular formula is C19H14FN3O3S2. The summed E-state index contributed by atoms with van der Waals surface area (Å²) in [5.41, 5.74) is 0.609. The molecule has 0 fully saturated rings. The van der Waals surface area contributed by atoms with Gasteiger partial charge >= 0.3 is 0 Å². The Morgan fingerprint density at radius 2 is 1.89 bits per heavy atom. The highest BCUT2D eigenvalue weighted by Gasteiger charge is 2.24. The second-order valence-electron chi connectivity index (χ2n) is 5.98. The number of halogens is 1. The number of aromatic nitrogens is 2. The van der Waals surface area contributed by atoms with Crippen LogP contribution in [-0.4, -0.2) is 23.9 Å². The maximum absolute atomic E-state index is 13.2. The first-order valence-corrected chi connectivity index (χ1v) is 10.6. The maximum Gasteiger partial charge on any atom is 0.246 e. The van der Waals surface area contributed by atoms with Gasteiger partial charge < -0.3 is 9.88 Å². The highest BCUT2D eigenvalue weighted by molar-refractivity contribution is 7.91. The number of hydrogen-bond donors (Lipinski definition) is 1. The molecular weight excluding hydrogens is 401 g/mol. The zero-order valence-corrected chi connectivity index (χ0v) is 16.0. The number of carbonyl (C=O) groups is 1. The second-order valence-corrected chi connectivity index (χ2v) is 8.79. The van der Waals surface area contributed by atoms with Crippen molar-refractivity contribution in [2.45, 2.75) is 16.3 Å². The molecule has 0 aliphatic heterocycles. The molecule has 0 aliphatic rings. The van der Waals surface area contributed by atoms with E-state index < -0.39 is 15.7 Å². The summed E-state index contributed by atoms with van der Waals surface area (Å²) in [7, 11) is -3.88. The highest BCUT2D eigenvalue weighted by Crippen LogP contribution is 2.30. The standard InChI is InChI=1S/C19H14FN3O3S2/c20-13-5-7-14(8-6-13)28(25,26)17-11-23(16-4-2-1-3-15(16)17)12-18(24)22-19-21-9-10-27-19/h1-11H,12H2,(H,21,22,24). The summed E-state index contributed by atoms with van der Waals surface area (Å²) in [6.45, 7) is -0.0704. The summed E-state index contributed by atoms with van der Waals surface area (Å²) in [5, 5.41) is 5.39. The molecule has 0 saturated carbocycles. The summed E-state index contributed by atoms with van der Waals surface area (Å²) in [4.78, 5) is 16.4. The molecule has 9 heteroatoms. The Hall–Kier alpha value is -3.04. The molecule has 4 aromatic rings. The predicted molar refractivity (Wildman–Crippen MR) is 105 cm³/mol. The van der Waals surface area contributed by atoms with E-state index in [2.05, 4.69) is 10.3 Å². The number of nitrogens with one attached hydrogen (secondary N) is 1. The number of nitrogens with zero attached hydrogens (tertiary/aromatic N) is 2. The van der Waals surface area contributed by atoms with Crippen LogP contribution in [0.2, 0.25) is 0 Å². The minimum absolute atomic E-state index is 0.0101. The Labute approximate surface area is 164 Å². The van der Waals surface area contributed by atoms with Crippen LogP contribution in [0.25, 0.3) is 10.9 Å². The van der Waals surface area contributed by atoms with Gasteiger partial charge in [0.2, 0.25) is 15.7 Å². The van der Waals surface area contributed by atoms with E-state index in [4.69, 9.17) is 0 Å². The maximum atomic E-state index is 13.2. The van der Waals surface area contributed by atoms with Gasteiger partial charge in [0.25, 0.3) is 0 Å². The molecule has 1 N–H and O–H groups in total. The smallest absolute Gasteiger partial charge is 0.246 e. The number of fused-ring (bicyclic) bond motifs is 1. The number of benzene rings is 2. The lowest BCUT2D eigenvalue weighted by Crippen LogP contribution is -2.18. The lowest BCUT2D eigenvalue weighted by molar-refractivity contribution is -0.116.